The van der Waals surface area contributed by atoms with Crippen molar-refractivity contribution in [1.82, 2.24) is 0 Å². The van der Waals surface area contributed by atoms with Crippen molar-refractivity contribution in [3.05, 3.63) is 18.2 Å². The third-order valence-corrected chi connectivity index (χ3v) is 3.09. The number of nitrogen functional groups attached to an aromatic ring is 1. The number of carbonyl (C=O) groups excluding carboxylic acids is 1. The number of benzene rings is 1. The Morgan fingerprint density at radius 2 is 2.20 bits per heavy atom. The molecule has 1 heterocycles. The second kappa shape index (κ2) is 2.66. The van der Waals surface area contributed by atoms with Gasteiger partial charge in [-0.3, -0.25) is 4.79 Å². The van der Waals surface area contributed by atoms with Crippen LogP contribution in [0.5, 0.6) is 5.75 Å². The molecule has 1 spiro atoms. The lowest BCUT2D eigenvalue weighted by atomic mass is 10.1. The summed E-state index contributed by atoms with van der Waals surface area (Å²) in [5.74, 6) is 0.748. The first kappa shape index (κ1) is 8.59. The molecule has 0 aromatic heterocycles. The molecule has 1 aliphatic heterocycles. The van der Waals surface area contributed by atoms with Crippen molar-refractivity contribution in [1.29, 1.82) is 0 Å². The van der Waals surface area contributed by atoms with Crippen LogP contribution >= 0.6 is 0 Å². The van der Waals surface area contributed by atoms with E-state index in [9.17, 15) is 4.79 Å². The van der Waals surface area contributed by atoms with Gasteiger partial charge in [-0.1, -0.05) is 0 Å². The van der Waals surface area contributed by atoms with Crippen molar-refractivity contribution in [3.63, 3.8) is 0 Å². The van der Waals surface area contributed by atoms with E-state index in [4.69, 9.17) is 10.5 Å². The summed E-state index contributed by atoms with van der Waals surface area (Å²) < 4.78 is 5.61. The van der Waals surface area contributed by atoms with Crippen LogP contribution in [0.25, 0.3) is 0 Å². The Morgan fingerprint density at radius 3 is 2.93 bits per heavy atom. The largest absolute Gasteiger partial charge is 0.490 e. The molecule has 0 bridgehead atoms. The van der Waals surface area contributed by atoms with Gasteiger partial charge in [0.1, 0.15) is 12.4 Å². The van der Waals surface area contributed by atoms with Gasteiger partial charge in [-0.2, -0.15) is 0 Å². The number of ether oxygens (including phenoxy) is 1. The van der Waals surface area contributed by atoms with Crippen LogP contribution in [0.1, 0.15) is 12.8 Å². The molecule has 15 heavy (non-hydrogen) atoms. The SMILES string of the molecule is Nc1ccc2c(c1)OCC1(CC1)C(=O)N2. The molecule has 0 radical (unpaired) electrons. The molecule has 1 saturated carbocycles. The molecule has 0 atom stereocenters. The summed E-state index contributed by atoms with van der Waals surface area (Å²) in [6.45, 7) is 0.468. The predicted molar refractivity (Wildman–Crippen MR) is 56.6 cm³/mol. The molecule has 1 amide bonds. The molecular formula is C11H12N2O2. The molecule has 2 aliphatic rings. The maximum Gasteiger partial charge on any atom is 0.234 e. The second-order valence-corrected chi connectivity index (χ2v) is 4.28. The number of carbonyl (C=O) groups is 1. The Morgan fingerprint density at radius 1 is 1.40 bits per heavy atom. The maximum atomic E-state index is 11.8. The lowest BCUT2D eigenvalue weighted by molar-refractivity contribution is -0.121. The Hall–Kier alpha value is -1.71. The van der Waals surface area contributed by atoms with E-state index < -0.39 is 0 Å². The van der Waals surface area contributed by atoms with Gasteiger partial charge in [0.25, 0.3) is 0 Å². The van der Waals surface area contributed by atoms with E-state index in [0.717, 1.165) is 18.5 Å². The smallest absolute Gasteiger partial charge is 0.234 e. The number of hydrogen-bond acceptors (Lipinski definition) is 3. The van der Waals surface area contributed by atoms with Gasteiger partial charge in [-0.05, 0) is 25.0 Å². The number of hydrogen-bond donors (Lipinski definition) is 2. The molecule has 1 aromatic carbocycles. The molecule has 0 saturated heterocycles. The van der Waals surface area contributed by atoms with Crippen LogP contribution < -0.4 is 15.8 Å². The van der Waals surface area contributed by atoms with Crippen LogP contribution in [0.2, 0.25) is 0 Å². The third-order valence-electron chi connectivity index (χ3n) is 3.09. The normalized spacial score (nSPS) is 21.2. The predicted octanol–water partition coefficient (Wildman–Crippen LogP) is 1.38. The van der Waals surface area contributed by atoms with Gasteiger partial charge in [0.05, 0.1) is 11.1 Å². The monoisotopic (exact) mass is 204 g/mol. The van der Waals surface area contributed by atoms with Crippen LogP contribution in [-0.4, -0.2) is 12.5 Å². The first-order valence-corrected chi connectivity index (χ1v) is 5.03. The average molecular weight is 204 g/mol. The van der Waals surface area contributed by atoms with Gasteiger partial charge < -0.3 is 15.8 Å². The molecule has 1 aromatic rings. The maximum absolute atomic E-state index is 11.8. The van der Waals surface area contributed by atoms with Gasteiger partial charge in [0.15, 0.2) is 0 Å². The summed E-state index contributed by atoms with van der Waals surface area (Å²) in [6.07, 6.45) is 1.84. The van der Waals surface area contributed by atoms with E-state index >= 15 is 0 Å². The molecule has 4 heteroatoms. The summed E-state index contributed by atoms with van der Waals surface area (Å²) in [6, 6.07) is 5.29. The average Bonchev–Trinajstić information content (AvgIpc) is 3.00. The lowest BCUT2D eigenvalue weighted by Gasteiger charge is -2.08. The highest BCUT2D eigenvalue weighted by Crippen LogP contribution is 2.49. The van der Waals surface area contributed by atoms with Crippen molar-refractivity contribution in [2.75, 3.05) is 17.7 Å². The van der Waals surface area contributed by atoms with Crippen molar-refractivity contribution in [3.8, 4) is 5.75 Å². The lowest BCUT2D eigenvalue weighted by Crippen LogP contribution is -2.26. The first-order chi connectivity index (χ1) is 7.20. The van der Waals surface area contributed by atoms with Crippen LogP contribution in [0, 0.1) is 5.41 Å². The third kappa shape index (κ3) is 1.25. The van der Waals surface area contributed by atoms with Crippen LogP contribution in [0.15, 0.2) is 18.2 Å². The van der Waals surface area contributed by atoms with Crippen LogP contribution in [0.3, 0.4) is 0 Å². The van der Waals surface area contributed by atoms with E-state index in [1.807, 2.05) is 0 Å². The minimum atomic E-state index is -0.270. The van der Waals surface area contributed by atoms with Crippen molar-refractivity contribution >= 4 is 17.3 Å². The van der Waals surface area contributed by atoms with E-state index in [1.54, 1.807) is 18.2 Å². The Labute approximate surface area is 87.4 Å². The van der Waals surface area contributed by atoms with E-state index in [-0.39, 0.29) is 11.3 Å². The Balaban J connectivity index is 2.00. The quantitative estimate of drug-likeness (QED) is 0.627. The van der Waals surface area contributed by atoms with Gasteiger partial charge in [0.2, 0.25) is 5.91 Å². The number of nitrogens with one attached hydrogen (secondary N) is 1. The molecule has 4 nitrogen and oxygen atoms in total. The zero-order chi connectivity index (χ0) is 10.5. The summed E-state index contributed by atoms with van der Waals surface area (Å²) in [4.78, 5) is 11.8. The fourth-order valence-corrected chi connectivity index (χ4v) is 1.82. The minimum Gasteiger partial charge on any atom is -0.490 e. The molecule has 1 fully saturated rings. The molecule has 3 N–H and O–H groups in total. The molecule has 3 rings (SSSR count). The second-order valence-electron chi connectivity index (χ2n) is 4.28. The number of fused-ring (bicyclic) bond motifs is 1. The number of anilines is 2. The highest BCUT2D eigenvalue weighted by atomic mass is 16.5. The summed E-state index contributed by atoms with van der Waals surface area (Å²) in [7, 11) is 0. The van der Waals surface area contributed by atoms with Crippen LogP contribution in [-0.2, 0) is 4.79 Å². The van der Waals surface area contributed by atoms with Crippen molar-refractivity contribution in [2.45, 2.75) is 12.8 Å². The standard InChI is InChI=1S/C11H12N2O2/c12-7-1-2-8-9(5-7)15-6-11(3-4-11)10(14)13-8/h1-2,5H,3-4,6,12H2,(H,13,14). The van der Waals surface area contributed by atoms with Crippen LogP contribution in [0.4, 0.5) is 11.4 Å². The highest BCUT2D eigenvalue weighted by molar-refractivity contribution is 5.99. The van der Waals surface area contributed by atoms with Crippen molar-refractivity contribution in [2.24, 2.45) is 5.41 Å². The summed E-state index contributed by atoms with van der Waals surface area (Å²) in [5, 5.41) is 2.88. The summed E-state index contributed by atoms with van der Waals surface area (Å²) >= 11 is 0. The molecule has 0 unspecified atom stereocenters. The topological polar surface area (TPSA) is 64.3 Å². The zero-order valence-electron chi connectivity index (χ0n) is 8.25. The number of nitrogens with two attached hydrogens (primary N) is 1. The van der Waals surface area contributed by atoms with Gasteiger partial charge in [-0.15, -0.1) is 0 Å². The van der Waals surface area contributed by atoms with Gasteiger partial charge in [-0.25, -0.2) is 0 Å². The van der Waals surface area contributed by atoms with E-state index in [1.165, 1.54) is 0 Å². The highest BCUT2D eigenvalue weighted by Gasteiger charge is 2.52. The first-order valence-electron chi connectivity index (χ1n) is 5.03. The number of amides is 1. The van der Waals surface area contributed by atoms with E-state index in [2.05, 4.69) is 5.32 Å². The molecular weight excluding hydrogens is 192 g/mol. The van der Waals surface area contributed by atoms with Crippen molar-refractivity contribution < 1.29 is 9.53 Å². The molecule has 78 valence electrons. The molecule has 1 aliphatic carbocycles. The van der Waals surface area contributed by atoms with Gasteiger partial charge >= 0.3 is 0 Å². The minimum absolute atomic E-state index is 0.0750. The Kier molecular flexibility index (Phi) is 1.52. The van der Waals surface area contributed by atoms with Gasteiger partial charge in [0, 0.05) is 11.8 Å². The Bertz CT molecular complexity index is 438. The zero-order valence-corrected chi connectivity index (χ0v) is 8.25. The fourth-order valence-electron chi connectivity index (χ4n) is 1.82. The van der Waals surface area contributed by atoms with E-state index in [0.29, 0.717) is 18.0 Å². The fraction of sp³-hybridized carbons (Fsp3) is 0.364. The summed E-state index contributed by atoms with van der Waals surface area (Å²) in [5.41, 5.74) is 6.76. The number of rotatable bonds is 0.